The van der Waals surface area contributed by atoms with Crippen molar-refractivity contribution in [1.82, 2.24) is 0 Å². The van der Waals surface area contributed by atoms with E-state index < -0.39 is 0 Å². The van der Waals surface area contributed by atoms with Crippen molar-refractivity contribution in [3.05, 3.63) is 31.4 Å². The summed E-state index contributed by atoms with van der Waals surface area (Å²) in [6, 6.07) is 0. The Labute approximate surface area is 267 Å². The van der Waals surface area contributed by atoms with Gasteiger partial charge in [0, 0.05) is 72.3 Å². The maximum atomic E-state index is 12.4. The monoisotopic (exact) mass is 762 g/mol. The molecule has 0 aromatic heterocycles. The summed E-state index contributed by atoms with van der Waals surface area (Å²) < 4.78 is 0. The number of hydrogen-bond acceptors (Lipinski definition) is 2. The van der Waals surface area contributed by atoms with Gasteiger partial charge in [-0.05, 0) is 47.8 Å². The third kappa shape index (κ3) is 4.84. The first-order valence-corrected chi connectivity index (χ1v) is 12.9. The second kappa shape index (κ2) is 11.3. The fourth-order valence-electron chi connectivity index (χ4n) is 9.53. The summed E-state index contributed by atoms with van der Waals surface area (Å²) in [5, 5.41) is 10.6. The first-order valence-electron chi connectivity index (χ1n) is 12.9. The predicted octanol–water partition coefficient (Wildman–Crippen LogP) is 7.08. The maximum Gasteiger partial charge on any atom is 0 e. The Kier molecular flexibility index (Phi) is 11.2. The van der Waals surface area contributed by atoms with E-state index in [0.717, 1.165) is 44.9 Å². The molecule has 0 amide bonds. The van der Waals surface area contributed by atoms with E-state index in [-0.39, 0.29) is 108 Å². The molecule has 5 heteroatoms. The van der Waals surface area contributed by atoms with Gasteiger partial charge in [0.15, 0.2) is 0 Å². The number of carbonyl (C=O) groups excluding carboxylic acids is 1. The molecule has 0 bridgehead atoms. The Bertz CT molecular complexity index is 816. The quantitative estimate of drug-likeness (QED) is 0.229. The molecule has 0 aromatic carbocycles. The standard InChI is InChI=1S/C29H43O2.CH3.V.W.Y/c1-19-20-9-12-28(6)24(26(20,4)11-10-23(19)31)8-7-21-22-17-25(2,3)13-15-29(22,18-30)16-14-27(21,28)5;;;;/h7,16,20,22-24,31H,8-15,17H2,1-6H3;1H3;;;/q-3;-1;;;/t20?,22?,23-,24?,26?,27+,28?,29?;;;;/m0..../s1. The molecule has 1 N–H and O–H groups in total. The van der Waals surface area contributed by atoms with Crippen LogP contribution in [0.5, 0.6) is 0 Å². The molecular weight excluding hydrogens is 716 g/mol. The molecule has 5 aliphatic carbocycles. The first-order chi connectivity index (χ1) is 14.4. The second-order valence-electron chi connectivity index (χ2n) is 13.6. The molecule has 2 radical (unpaired) electrons. The summed E-state index contributed by atoms with van der Waals surface area (Å²) in [5.74, 6) is 2.87. The molecule has 0 aliphatic heterocycles. The minimum atomic E-state index is -0.357. The van der Waals surface area contributed by atoms with Crippen molar-refractivity contribution in [2.24, 2.45) is 44.8 Å². The number of aliphatic hydroxyl groups is 1. The van der Waals surface area contributed by atoms with Crippen LogP contribution in [0.4, 0.5) is 0 Å². The molecule has 5 rings (SSSR count). The summed E-state index contributed by atoms with van der Waals surface area (Å²) in [6.07, 6.45) is 17.3. The summed E-state index contributed by atoms with van der Waals surface area (Å²) >= 11 is 0. The molecule has 6 unspecified atom stereocenters. The van der Waals surface area contributed by atoms with E-state index in [9.17, 15) is 9.90 Å². The number of hydrogen-bond donors (Lipinski definition) is 1. The van der Waals surface area contributed by atoms with E-state index in [1.165, 1.54) is 18.8 Å². The minimum Gasteiger partial charge on any atom is -0.544 e. The van der Waals surface area contributed by atoms with Crippen LogP contribution in [0.25, 0.3) is 0 Å². The van der Waals surface area contributed by atoms with E-state index in [1.807, 2.05) is 0 Å². The molecule has 0 aromatic rings. The van der Waals surface area contributed by atoms with Gasteiger partial charge in [0.1, 0.15) is 0 Å². The van der Waals surface area contributed by atoms with Crippen LogP contribution in [-0.4, -0.2) is 17.5 Å². The molecule has 5 aliphatic rings. The van der Waals surface area contributed by atoms with Crippen molar-refractivity contribution >= 4 is 6.29 Å². The third-order valence-electron chi connectivity index (χ3n) is 11.9. The Hall–Kier alpha value is 1.75. The zero-order chi connectivity index (χ0) is 22.4. The number of fused-ring (bicyclic) bond motifs is 7. The maximum absolute atomic E-state index is 12.4. The molecule has 4 saturated carbocycles. The van der Waals surface area contributed by atoms with E-state index in [0.29, 0.717) is 23.2 Å². The summed E-state index contributed by atoms with van der Waals surface area (Å²) in [6.45, 7) is 14.7. The van der Waals surface area contributed by atoms with E-state index >= 15 is 0 Å². The molecule has 0 spiro atoms. The molecule has 196 valence electrons. The smallest absolute Gasteiger partial charge is 0 e. The van der Waals surface area contributed by atoms with Gasteiger partial charge in [0.2, 0.25) is 0 Å². The van der Waals surface area contributed by atoms with Crippen LogP contribution in [0.3, 0.4) is 0 Å². The molecule has 4 fully saturated rings. The third-order valence-corrected chi connectivity index (χ3v) is 11.9. The van der Waals surface area contributed by atoms with Crippen LogP contribution >= 0.6 is 0 Å². The largest absolute Gasteiger partial charge is 0.544 e. The zero-order valence-electron chi connectivity index (χ0n) is 23.1. The topological polar surface area (TPSA) is 37.3 Å². The Balaban J connectivity index is 0.00000153. The fraction of sp³-hybridized carbons (Fsp3) is 0.800. The van der Waals surface area contributed by atoms with E-state index in [4.69, 9.17) is 0 Å². The van der Waals surface area contributed by atoms with Gasteiger partial charge in [0.05, 0.1) is 0 Å². The van der Waals surface area contributed by atoms with Gasteiger partial charge >= 0.3 is 0 Å². The van der Waals surface area contributed by atoms with Gasteiger partial charge in [-0.3, -0.25) is 17.6 Å². The van der Waals surface area contributed by atoms with Gasteiger partial charge in [-0.1, -0.05) is 89.4 Å². The van der Waals surface area contributed by atoms with Crippen molar-refractivity contribution in [3.63, 3.8) is 0 Å². The predicted molar refractivity (Wildman–Crippen MR) is 132 cm³/mol. The van der Waals surface area contributed by atoms with Crippen LogP contribution in [0.2, 0.25) is 0 Å². The van der Waals surface area contributed by atoms with Gasteiger partial charge in [-0.25, -0.2) is 0 Å². The van der Waals surface area contributed by atoms with E-state index in [2.05, 4.69) is 60.3 Å². The van der Waals surface area contributed by atoms with E-state index in [1.54, 1.807) is 5.57 Å². The molecule has 0 saturated heterocycles. The Morgan fingerprint density at radius 2 is 1.74 bits per heavy atom. The van der Waals surface area contributed by atoms with Crippen molar-refractivity contribution < 1.29 is 82.2 Å². The van der Waals surface area contributed by atoms with Crippen LogP contribution in [0, 0.1) is 64.6 Å². The summed E-state index contributed by atoms with van der Waals surface area (Å²) in [7, 11) is 0. The average molecular weight is 762 g/mol. The zero-order valence-corrected chi connectivity index (χ0v) is 30.3. The number of rotatable bonds is 1. The number of aliphatic hydroxyl groups excluding tert-OH is 1. The Morgan fingerprint density at radius 3 is 2.37 bits per heavy atom. The molecule has 8 atom stereocenters. The van der Waals surface area contributed by atoms with Crippen molar-refractivity contribution in [2.45, 2.75) is 105 Å². The van der Waals surface area contributed by atoms with Crippen LogP contribution < -0.4 is 0 Å². The van der Waals surface area contributed by atoms with Gasteiger partial charge in [0.25, 0.3) is 0 Å². The number of allylic oxidation sites excluding steroid dienone is 2. The van der Waals surface area contributed by atoms with Gasteiger partial charge < -0.3 is 23.7 Å². The van der Waals surface area contributed by atoms with Crippen molar-refractivity contribution in [2.75, 3.05) is 0 Å². The minimum absolute atomic E-state index is 0. The first kappa shape index (κ1) is 34.8. The van der Waals surface area contributed by atoms with Crippen molar-refractivity contribution in [1.29, 1.82) is 0 Å². The summed E-state index contributed by atoms with van der Waals surface area (Å²) in [4.78, 5) is 12.4. The van der Waals surface area contributed by atoms with Gasteiger partial charge in [-0.15, -0.1) is 0 Å². The van der Waals surface area contributed by atoms with Crippen LogP contribution in [0.1, 0.15) is 99.3 Å². The average Bonchev–Trinajstić information content (AvgIpc) is 2.71. The van der Waals surface area contributed by atoms with Crippen molar-refractivity contribution in [3.8, 4) is 0 Å². The molecule has 2 nitrogen and oxygen atoms in total. The van der Waals surface area contributed by atoms with Gasteiger partial charge in [-0.2, -0.15) is 19.3 Å². The fourth-order valence-corrected chi connectivity index (χ4v) is 9.53. The molecule has 35 heavy (non-hydrogen) atoms. The molecule has 0 heterocycles. The normalized spacial score (nSPS) is 47.8. The molecular formula is C30H46O2VWY-4. The van der Waals surface area contributed by atoms with Crippen LogP contribution in [-0.2, 0) is 77.1 Å². The summed E-state index contributed by atoms with van der Waals surface area (Å²) in [5.41, 5.74) is 2.20. The van der Waals surface area contributed by atoms with Crippen LogP contribution in [0.15, 0.2) is 11.6 Å². The SMILES string of the molecule is C[C-]1C2CCC3(C)C(CC=C4C5CC(C)(C)CCC5([C-]=O)[CH-]C[C@]43C)C2(C)CC[C@@H]1O.[CH3-].[V].[W].[Y]. The second-order valence-corrected chi connectivity index (χ2v) is 13.6. The Morgan fingerprint density at radius 1 is 1.09 bits per heavy atom.